The summed E-state index contributed by atoms with van der Waals surface area (Å²) < 4.78 is 7.57. The maximum absolute atomic E-state index is 5.52. The normalized spacial score (nSPS) is 12.4. The first kappa shape index (κ1) is 13.9. The van der Waals surface area contributed by atoms with Crippen LogP contribution in [0.3, 0.4) is 0 Å². The van der Waals surface area contributed by atoms with Gasteiger partial charge >= 0.3 is 0 Å². The Balaban J connectivity index is 1.70. The molecule has 0 aliphatic rings. The standard InChI is InChI=1S/C17H14N4OS/c1-12(17-19-8-10-23-17)21-9-7-18-16(21)15-11-14(20-22-15)13-5-3-2-4-6-13/h2-12H,1H3/t12-/m1/s1. The molecule has 0 radical (unpaired) electrons. The zero-order chi connectivity index (χ0) is 15.6. The minimum Gasteiger partial charge on any atom is -0.352 e. The molecule has 23 heavy (non-hydrogen) atoms. The average molecular weight is 322 g/mol. The van der Waals surface area contributed by atoms with Crippen molar-refractivity contribution in [3.63, 3.8) is 0 Å². The number of nitrogens with zero attached hydrogens (tertiary/aromatic N) is 4. The highest BCUT2D eigenvalue weighted by Crippen LogP contribution is 2.29. The van der Waals surface area contributed by atoms with Crippen LogP contribution < -0.4 is 0 Å². The Morgan fingerprint density at radius 3 is 2.78 bits per heavy atom. The molecule has 5 nitrogen and oxygen atoms in total. The van der Waals surface area contributed by atoms with E-state index < -0.39 is 0 Å². The number of thiazole rings is 1. The molecule has 6 heteroatoms. The van der Waals surface area contributed by atoms with Gasteiger partial charge in [0.05, 0.1) is 6.04 Å². The molecule has 0 N–H and O–H groups in total. The van der Waals surface area contributed by atoms with Crippen molar-refractivity contribution >= 4 is 11.3 Å². The number of imidazole rings is 1. The van der Waals surface area contributed by atoms with Crippen molar-refractivity contribution in [2.45, 2.75) is 13.0 Å². The zero-order valence-electron chi connectivity index (χ0n) is 12.5. The van der Waals surface area contributed by atoms with Crippen LogP contribution in [-0.4, -0.2) is 19.7 Å². The van der Waals surface area contributed by atoms with E-state index in [0.29, 0.717) is 5.76 Å². The Kier molecular flexibility index (Phi) is 3.51. The van der Waals surface area contributed by atoms with Crippen molar-refractivity contribution in [2.24, 2.45) is 0 Å². The van der Waals surface area contributed by atoms with E-state index in [0.717, 1.165) is 22.1 Å². The lowest BCUT2D eigenvalue weighted by molar-refractivity contribution is 0.428. The van der Waals surface area contributed by atoms with Gasteiger partial charge in [0.1, 0.15) is 10.7 Å². The van der Waals surface area contributed by atoms with Crippen molar-refractivity contribution < 1.29 is 4.52 Å². The van der Waals surface area contributed by atoms with Gasteiger partial charge in [-0.3, -0.25) is 0 Å². The predicted molar refractivity (Wildman–Crippen MR) is 89.1 cm³/mol. The van der Waals surface area contributed by atoms with E-state index >= 15 is 0 Å². The summed E-state index contributed by atoms with van der Waals surface area (Å²) in [7, 11) is 0. The van der Waals surface area contributed by atoms with E-state index in [4.69, 9.17) is 4.52 Å². The van der Waals surface area contributed by atoms with Crippen molar-refractivity contribution in [1.82, 2.24) is 19.7 Å². The molecule has 0 saturated carbocycles. The summed E-state index contributed by atoms with van der Waals surface area (Å²) in [6, 6.07) is 12.0. The summed E-state index contributed by atoms with van der Waals surface area (Å²) in [5, 5.41) is 7.18. The fourth-order valence-electron chi connectivity index (χ4n) is 2.50. The van der Waals surface area contributed by atoms with Crippen LogP contribution in [0.25, 0.3) is 22.8 Å². The Morgan fingerprint density at radius 2 is 2.00 bits per heavy atom. The maximum atomic E-state index is 5.52. The van der Waals surface area contributed by atoms with Gasteiger partial charge in [0.15, 0.2) is 5.82 Å². The van der Waals surface area contributed by atoms with Crippen LogP contribution in [0.15, 0.2) is 64.9 Å². The van der Waals surface area contributed by atoms with Crippen LogP contribution >= 0.6 is 11.3 Å². The zero-order valence-corrected chi connectivity index (χ0v) is 13.3. The summed E-state index contributed by atoms with van der Waals surface area (Å²) in [6.07, 6.45) is 5.52. The number of hydrogen-bond donors (Lipinski definition) is 0. The van der Waals surface area contributed by atoms with Gasteiger partial charge < -0.3 is 9.09 Å². The largest absolute Gasteiger partial charge is 0.352 e. The van der Waals surface area contributed by atoms with Gasteiger partial charge in [-0.2, -0.15) is 0 Å². The van der Waals surface area contributed by atoms with Crippen LogP contribution in [0.4, 0.5) is 0 Å². The van der Waals surface area contributed by atoms with E-state index in [2.05, 4.69) is 22.0 Å². The Labute approximate surface area is 137 Å². The first-order chi connectivity index (χ1) is 11.3. The first-order valence-electron chi connectivity index (χ1n) is 7.27. The van der Waals surface area contributed by atoms with E-state index in [9.17, 15) is 0 Å². The van der Waals surface area contributed by atoms with Crippen LogP contribution in [0, 0.1) is 0 Å². The van der Waals surface area contributed by atoms with Crippen molar-refractivity contribution in [2.75, 3.05) is 0 Å². The van der Waals surface area contributed by atoms with E-state index in [-0.39, 0.29) is 6.04 Å². The molecule has 3 aromatic heterocycles. The molecule has 0 amide bonds. The van der Waals surface area contributed by atoms with Crippen molar-refractivity contribution in [1.29, 1.82) is 0 Å². The van der Waals surface area contributed by atoms with Gasteiger partial charge in [-0.25, -0.2) is 9.97 Å². The van der Waals surface area contributed by atoms with Crippen molar-refractivity contribution in [3.8, 4) is 22.8 Å². The smallest absolute Gasteiger partial charge is 0.202 e. The molecule has 114 valence electrons. The molecule has 4 rings (SSSR count). The van der Waals surface area contributed by atoms with Gasteiger partial charge in [0, 0.05) is 35.6 Å². The third kappa shape index (κ3) is 2.57. The molecular formula is C17H14N4OS. The summed E-state index contributed by atoms with van der Waals surface area (Å²) in [4.78, 5) is 8.81. The van der Waals surface area contributed by atoms with Crippen LogP contribution in [0.2, 0.25) is 0 Å². The number of aromatic nitrogens is 4. The monoisotopic (exact) mass is 322 g/mol. The highest BCUT2D eigenvalue weighted by atomic mass is 32.1. The predicted octanol–water partition coefficient (Wildman–Crippen LogP) is 4.27. The lowest BCUT2D eigenvalue weighted by Gasteiger charge is -2.12. The van der Waals surface area contributed by atoms with Crippen LogP contribution in [0.5, 0.6) is 0 Å². The third-order valence-corrected chi connectivity index (χ3v) is 4.64. The van der Waals surface area contributed by atoms with E-state index in [1.807, 2.05) is 58.7 Å². The molecule has 0 saturated heterocycles. The van der Waals surface area contributed by atoms with E-state index in [1.54, 1.807) is 17.5 Å². The number of rotatable bonds is 4. The fourth-order valence-corrected chi connectivity index (χ4v) is 3.20. The van der Waals surface area contributed by atoms with Crippen LogP contribution in [0.1, 0.15) is 18.0 Å². The highest BCUT2D eigenvalue weighted by molar-refractivity contribution is 7.09. The maximum Gasteiger partial charge on any atom is 0.202 e. The second-order valence-electron chi connectivity index (χ2n) is 5.15. The molecule has 0 bridgehead atoms. The summed E-state index contributed by atoms with van der Waals surface area (Å²) in [5.74, 6) is 1.40. The Hall–Kier alpha value is -2.73. The average Bonchev–Trinajstić information content (AvgIpc) is 3.35. The first-order valence-corrected chi connectivity index (χ1v) is 8.15. The molecule has 0 fully saturated rings. The lowest BCUT2D eigenvalue weighted by atomic mass is 10.1. The second-order valence-corrected chi connectivity index (χ2v) is 6.07. The molecule has 0 aliphatic carbocycles. The Morgan fingerprint density at radius 1 is 1.13 bits per heavy atom. The van der Waals surface area contributed by atoms with Gasteiger partial charge in [0.2, 0.25) is 5.76 Å². The fraction of sp³-hybridized carbons (Fsp3) is 0.118. The molecule has 4 aromatic rings. The number of hydrogen-bond acceptors (Lipinski definition) is 5. The second kappa shape index (κ2) is 5.81. The minimum atomic E-state index is 0.0952. The Bertz CT molecular complexity index is 896. The third-order valence-electron chi connectivity index (χ3n) is 3.69. The molecule has 1 aromatic carbocycles. The van der Waals surface area contributed by atoms with Crippen LogP contribution in [-0.2, 0) is 0 Å². The minimum absolute atomic E-state index is 0.0952. The van der Waals surface area contributed by atoms with E-state index in [1.165, 1.54) is 0 Å². The molecule has 0 aliphatic heterocycles. The molecule has 0 spiro atoms. The summed E-state index contributed by atoms with van der Waals surface area (Å²) >= 11 is 1.63. The van der Waals surface area contributed by atoms with Gasteiger partial charge in [-0.15, -0.1) is 11.3 Å². The quantitative estimate of drug-likeness (QED) is 0.563. The molecule has 0 unspecified atom stereocenters. The van der Waals surface area contributed by atoms with Gasteiger partial charge in [0.25, 0.3) is 0 Å². The topological polar surface area (TPSA) is 56.7 Å². The number of benzene rings is 1. The molecule has 3 heterocycles. The highest BCUT2D eigenvalue weighted by Gasteiger charge is 2.18. The SMILES string of the molecule is C[C@H](c1nccs1)n1ccnc1-c1cc(-c2ccccc2)no1. The van der Waals surface area contributed by atoms with Gasteiger partial charge in [-0.1, -0.05) is 35.5 Å². The van der Waals surface area contributed by atoms with Crippen molar-refractivity contribution in [3.05, 3.63) is 65.4 Å². The summed E-state index contributed by atoms with van der Waals surface area (Å²) in [5.41, 5.74) is 1.82. The lowest BCUT2D eigenvalue weighted by Crippen LogP contribution is -2.06. The molecule has 1 atom stereocenters. The molecular weight excluding hydrogens is 308 g/mol. The summed E-state index contributed by atoms with van der Waals surface area (Å²) in [6.45, 7) is 2.10. The van der Waals surface area contributed by atoms with Gasteiger partial charge in [-0.05, 0) is 6.92 Å².